The van der Waals surface area contributed by atoms with Crippen molar-refractivity contribution in [2.45, 2.75) is 12.5 Å². The van der Waals surface area contributed by atoms with Crippen LogP contribution in [0.2, 0.25) is 0 Å². The predicted octanol–water partition coefficient (Wildman–Crippen LogP) is 1.54. The van der Waals surface area contributed by atoms with E-state index in [2.05, 4.69) is 11.4 Å². The van der Waals surface area contributed by atoms with E-state index in [1.165, 1.54) is 11.1 Å². The van der Waals surface area contributed by atoms with Gasteiger partial charge in [-0.05, 0) is 24.6 Å². The number of hydrogen-bond acceptors (Lipinski definition) is 4. The summed E-state index contributed by atoms with van der Waals surface area (Å²) in [6.45, 7) is 1.60. The molecule has 0 fully saturated rings. The Labute approximate surface area is 102 Å². The Hall–Kier alpha value is -1.26. The molecule has 0 bridgehead atoms. The molecule has 4 heteroatoms. The van der Waals surface area contributed by atoms with Crippen molar-refractivity contribution in [3.8, 4) is 11.5 Å². The first-order valence-corrected chi connectivity index (χ1v) is 5.78. The van der Waals surface area contributed by atoms with Gasteiger partial charge in [-0.25, -0.2) is 0 Å². The first-order valence-electron chi connectivity index (χ1n) is 5.78. The van der Waals surface area contributed by atoms with Crippen LogP contribution in [-0.4, -0.2) is 34.5 Å². The van der Waals surface area contributed by atoms with Crippen molar-refractivity contribution >= 4 is 0 Å². The van der Waals surface area contributed by atoms with Crippen molar-refractivity contribution in [3.05, 3.63) is 23.3 Å². The van der Waals surface area contributed by atoms with Crippen LogP contribution in [0.1, 0.15) is 17.2 Å². The fourth-order valence-corrected chi connectivity index (χ4v) is 2.39. The molecule has 0 saturated heterocycles. The second-order valence-electron chi connectivity index (χ2n) is 4.08. The van der Waals surface area contributed by atoms with E-state index in [-0.39, 0.29) is 6.04 Å². The monoisotopic (exact) mass is 237 g/mol. The lowest BCUT2D eigenvalue weighted by Crippen LogP contribution is -2.32. The molecule has 0 saturated carbocycles. The molecule has 0 amide bonds. The third-order valence-corrected chi connectivity index (χ3v) is 3.16. The van der Waals surface area contributed by atoms with Crippen LogP contribution in [0.4, 0.5) is 0 Å². The zero-order valence-corrected chi connectivity index (χ0v) is 10.6. The fraction of sp³-hybridized carbons (Fsp3) is 0.538. The Balaban J connectivity index is 2.43. The third kappa shape index (κ3) is 2.23. The number of fused-ring (bicyclic) bond motifs is 1. The molecule has 1 aromatic carbocycles. The van der Waals surface area contributed by atoms with E-state index >= 15 is 0 Å². The smallest absolute Gasteiger partial charge is 0.164 e. The minimum atomic E-state index is 0.239. The van der Waals surface area contributed by atoms with E-state index in [0.717, 1.165) is 24.5 Å². The summed E-state index contributed by atoms with van der Waals surface area (Å²) < 4.78 is 16.0. The quantitative estimate of drug-likeness (QED) is 0.862. The van der Waals surface area contributed by atoms with E-state index in [1.54, 1.807) is 21.3 Å². The lowest BCUT2D eigenvalue weighted by molar-refractivity contribution is 0.164. The average molecular weight is 237 g/mol. The number of benzene rings is 1. The van der Waals surface area contributed by atoms with Crippen molar-refractivity contribution in [3.63, 3.8) is 0 Å². The number of ether oxygens (including phenoxy) is 3. The molecule has 17 heavy (non-hydrogen) atoms. The molecule has 0 aromatic heterocycles. The molecule has 1 atom stereocenters. The molecule has 4 nitrogen and oxygen atoms in total. The summed E-state index contributed by atoms with van der Waals surface area (Å²) in [5.74, 6) is 1.65. The zero-order valence-electron chi connectivity index (χ0n) is 10.6. The first kappa shape index (κ1) is 12.2. The lowest BCUT2D eigenvalue weighted by Gasteiger charge is -2.28. The molecule has 1 aromatic rings. The molecule has 1 aliphatic rings. The molecule has 0 radical (unpaired) electrons. The largest absolute Gasteiger partial charge is 0.493 e. The minimum absolute atomic E-state index is 0.239. The summed E-state index contributed by atoms with van der Waals surface area (Å²) in [6.07, 6.45) is 0.954. The van der Waals surface area contributed by atoms with Gasteiger partial charge >= 0.3 is 0 Å². The highest BCUT2D eigenvalue weighted by Crippen LogP contribution is 2.37. The molecular weight excluding hydrogens is 218 g/mol. The maximum atomic E-state index is 5.47. The number of nitrogens with one attached hydrogen (secondary N) is 1. The van der Waals surface area contributed by atoms with Gasteiger partial charge < -0.3 is 19.5 Å². The summed E-state index contributed by atoms with van der Waals surface area (Å²) in [5, 5.41) is 3.44. The van der Waals surface area contributed by atoms with Crippen LogP contribution in [0.3, 0.4) is 0 Å². The van der Waals surface area contributed by atoms with Crippen LogP contribution < -0.4 is 14.8 Å². The molecule has 1 unspecified atom stereocenters. The highest BCUT2D eigenvalue weighted by Gasteiger charge is 2.24. The first-order chi connectivity index (χ1) is 8.31. The van der Waals surface area contributed by atoms with Crippen LogP contribution in [0.25, 0.3) is 0 Å². The average Bonchev–Trinajstić information content (AvgIpc) is 2.38. The molecule has 1 N–H and O–H groups in total. The number of rotatable bonds is 4. The third-order valence-electron chi connectivity index (χ3n) is 3.16. The highest BCUT2D eigenvalue weighted by atomic mass is 16.5. The van der Waals surface area contributed by atoms with Gasteiger partial charge in [0.2, 0.25) is 0 Å². The van der Waals surface area contributed by atoms with Gasteiger partial charge in [0, 0.05) is 12.7 Å². The molecule has 94 valence electrons. The Morgan fingerprint density at radius 1 is 1.24 bits per heavy atom. The SMILES string of the molecule is COCC1NCCc2c1ccc(OC)c2OC. The van der Waals surface area contributed by atoms with E-state index in [0.29, 0.717) is 6.61 Å². The maximum absolute atomic E-state index is 5.47. The Morgan fingerprint density at radius 3 is 2.71 bits per heavy atom. The van der Waals surface area contributed by atoms with Crippen molar-refractivity contribution in [1.82, 2.24) is 5.32 Å². The summed E-state index contributed by atoms with van der Waals surface area (Å²) in [7, 11) is 5.07. The van der Waals surface area contributed by atoms with E-state index in [4.69, 9.17) is 14.2 Å². The second kappa shape index (κ2) is 5.38. The summed E-state index contributed by atoms with van der Waals surface area (Å²) in [5.41, 5.74) is 2.48. The summed E-state index contributed by atoms with van der Waals surface area (Å²) in [6, 6.07) is 4.28. The van der Waals surface area contributed by atoms with E-state index < -0.39 is 0 Å². The molecule has 2 rings (SSSR count). The van der Waals surface area contributed by atoms with Crippen LogP contribution in [0.15, 0.2) is 12.1 Å². The summed E-state index contributed by atoms with van der Waals surface area (Å²) >= 11 is 0. The van der Waals surface area contributed by atoms with Gasteiger partial charge in [-0.3, -0.25) is 0 Å². The normalized spacial score (nSPS) is 18.6. The van der Waals surface area contributed by atoms with Gasteiger partial charge in [-0.2, -0.15) is 0 Å². The van der Waals surface area contributed by atoms with Crippen molar-refractivity contribution in [2.75, 3.05) is 34.5 Å². The molecular formula is C13H19NO3. The minimum Gasteiger partial charge on any atom is -0.493 e. The van der Waals surface area contributed by atoms with Gasteiger partial charge in [0.1, 0.15) is 0 Å². The molecule has 1 heterocycles. The number of methoxy groups -OCH3 is 3. The van der Waals surface area contributed by atoms with Gasteiger partial charge in [0.05, 0.1) is 26.9 Å². The number of hydrogen-bond donors (Lipinski definition) is 1. The summed E-state index contributed by atoms with van der Waals surface area (Å²) in [4.78, 5) is 0. The predicted molar refractivity (Wildman–Crippen MR) is 65.9 cm³/mol. The fourth-order valence-electron chi connectivity index (χ4n) is 2.39. The van der Waals surface area contributed by atoms with E-state index in [9.17, 15) is 0 Å². The maximum Gasteiger partial charge on any atom is 0.164 e. The Morgan fingerprint density at radius 2 is 2.06 bits per heavy atom. The highest BCUT2D eigenvalue weighted by molar-refractivity contribution is 5.52. The van der Waals surface area contributed by atoms with Crippen molar-refractivity contribution in [2.24, 2.45) is 0 Å². The molecule has 1 aliphatic heterocycles. The Bertz CT molecular complexity index is 392. The molecule has 0 aliphatic carbocycles. The lowest BCUT2D eigenvalue weighted by atomic mass is 9.93. The van der Waals surface area contributed by atoms with Crippen molar-refractivity contribution < 1.29 is 14.2 Å². The van der Waals surface area contributed by atoms with E-state index in [1.807, 2.05) is 6.07 Å². The molecule has 0 spiro atoms. The van der Waals surface area contributed by atoms with Crippen LogP contribution >= 0.6 is 0 Å². The van der Waals surface area contributed by atoms with Crippen LogP contribution in [-0.2, 0) is 11.2 Å². The Kier molecular flexibility index (Phi) is 3.86. The van der Waals surface area contributed by atoms with Crippen LogP contribution in [0.5, 0.6) is 11.5 Å². The van der Waals surface area contributed by atoms with Gasteiger partial charge in [0.25, 0.3) is 0 Å². The van der Waals surface area contributed by atoms with Crippen molar-refractivity contribution in [1.29, 1.82) is 0 Å². The van der Waals surface area contributed by atoms with Crippen LogP contribution in [0, 0.1) is 0 Å². The topological polar surface area (TPSA) is 39.7 Å². The van der Waals surface area contributed by atoms with Gasteiger partial charge in [-0.15, -0.1) is 0 Å². The second-order valence-corrected chi connectivity index (χ2v) is 4.08. The standard InChI is InChI=1S/C13H19NO3/c1-15-8-11-9-4-5-12(16-2)13(17-3)10(9)6-7-14-11/h4-5,11,14H,6-8H2,1-3H3. The van der Waals surface area contributed by atoms with Gasteiger partial charge in [0.15, 0.2) is 11.5 Å². The van der Waals surface area contributed by atoms with Gasteiger partial charge in [-0.1, -0.05) is 6.07 Å². The zero-order chi connectivity index (χ0) is 12.3.